The molecule has 12 heteroatoms. The first kappa shape index (κ1) is 31.7. The Kier molecular flexibility index (Phi) is 12.2. The van der Waals surface area contributed by atoms with Crippen LogP contribution >= 0.6 is 22.9 Å². The summed E-state index contributed by atoms with van der Waals surface area (Å²) in [6.45, 7) is 6.25. The van der Waals surface area contributed by atoms with Crippen molar-refractivity contribution in [2.24, 2.45) is 0 Å². The van der Waals surface area contributed by atoms with Gasteiger partial charge in [-0.25, -0.2) is 0 Å². The molecule has 0 radical (unpaired) electrons. The predicted molar refractivity (Wildman–Crippen MR) is 143 cm³/mol. The second-order valence-corrected chi connectivity index (χ2v) is 11.4. The fourth-order valence-electron chi connectivity index (χ4n) is 3.27. The second-order valence-electron chi connectivity index (χ2n) is 8.12. The van der Waals surface area contributed by atoms with Crippen LogP contribution in [0.1, 0.15) is 57.6 Å². The molecule has 1 aromatic heterocycles. The summed E-state index contributed by atoms with van der Waals surface area (Å²) in [6, 6.07) is 10.8. The maximum absolute atomic E-state index is 12.8. The van der Waals surface area contributed by atoms with E-state index in [1.807, 2.05) is 0 Å². The Labute approximate surface area is 229 Å². The van der Waals surface area contributed by atoms with Crippen LogP contribution < -0.4 is 8.92 Å². The molecule has 0 fully saturated rings. The number of alkyl halides is 3. The Morgan fingerprint density at radius 1 is 1.00 bits per heavy atom. The molecule has 38 heavy (non-hydrogen) atoms. The number of rotatable bonds is 11. The minimum atomic E-state index is -5.87. The van der Waals surface area contributed by atoms with E-state index in [2.05, 4.69) is 18.0 Å². The standard InChI is InChI=1S/C20H16ClF3O6S2.C6H14/c1-2-28-19(25)9-13-5-3-4-6-15(13)29-11-12-7-16(30-32(26,27)20(22,23)24)14-10-18(21)31-17(14)8-12;1-3-5-6-4-2/h3-8,10H,2,9,11H2,1H3;3-6H2,1-2H3. The Morgan fingerprint density at radius 3 is 2.26 bits per heavy atom. The van der Waals surface area contributed by atoms with E-state index in [-0.39, 0.29) is 29.4 Å². The zero-order chi connectivity index (χ0) is 28.3. The van der Waals surface area contributed by atoms with E-state index in [1.165, 1.54) is 31.7 Å². The average Bonchev–Trinajstić information content (AvgIpc) is 3.22. The Hall–Kier alpha value is -2.50. The third-order valence-electron chi connectivity index (χ3n) is 5.08. The molecule has 3 aromatic rings. The van der Waals surface area contributed by atoms with Crippen LogP contribution in [0, 0.1) is 0 Å². The largest absolute Gasteiger partial charge is 0.534 e. The fourth-order valence-corrected chi connectivity index (χ4v) is 4.96. The monoisotopic (exact) mass is 594 g/mol. The summed E-state index contributed by atoms with van der Waals surface area (Å²) in [6.07, 6.45) is 5.51. The smallest absolute Gasteiger partial charge is 0.489 e. The van der Waals surface area contributed by atoms with Crippen molar-refractivity contribution in [3.63, 3.8) is 0 Å². The van der Waals surface area contributed by atoms with Crippen molar-refractivity contribution in [2.75, 3.05) is 6.61 Å². The quantitative estimate of drug-likeness (QED) is 0.0967. The minimum absolute atomic E-state index is 0.0260. The number of fused-ring (bicyclic) bond motifs is 1. The molecule has 210 valence electrons. The van der Waals surface area contributed by atoms with Crippen molar-refractivity contribution >= 4 is 49.1 Å². The Balaban J connectivity index is 0.000000757. The molecule has 6 nitrogen and oxygen atoms in total. The van der Waals surface area contributed by atoms with E-state index in [1.54, 1.807) is 37.3 Å². The SMILES string of the molecule is CCCCCC.CCOC(=O)Cc1ccccc1OCc1cc(OS(=O)(=O)C(F)(F)F)c2cc(Cl)sc2c1. The van der Waals surface area contributed by atoms with Crippen LogP contribution in [0.3, 0.4) is 0 Å². The fraction of sp³-hybridized carbons (Fsp3) is 0.423. The highest BCUT2D eigenvalue weighted by Gasteiger charge is 2.48. The zero-order valence-electron chi connectivity index (χ0n) is 21.3. The number of unbranched alkanes of at least 4 members (excludes halogenated alkanes) is 3. The lowest BCUT2D eigenvalue weighted by molar-refractivity contribution is -0.142. The van der Waals surface area contributed by atoms with E-state index in [4.69, 9.17) is 21.1 Å². The van der Waals surface area contributed by atoms with Gasteiger partial charge in [0.05, 0.1) is 17.4 Å². The van der Waals surface area contributed by atoms with E-state index in [0.717, 1.165) is 17.4 Å². The molecule has 0 unspecified atom stereocenters. The second kappa shape index (κ2) is 14.6. The minimum Gasteiger partial charge on any atom is -0.489 e. The summed E-state index contributed by atoms with van der Waals surface area (Å²) in [4.78, 5) is 11.8. The Morgan fingerprint density at radius 2 is 1.66 bits per heavy atom. The highest BCUT2D eigenvalue weighted by molar-refractivity contribution is 7.88. The summed E-state index contributed by atoms with van der Waals surface area (Å²) >= 11 is 7.00. The maximum atomic E-state index is 12.8. The number of ether oxygens (including phenoxy) is 2. The van der Waals surface area contributed by atoms with E-state index < -0.39 is 27.3 Å². The summed E-state index contributed by atoms with van der Waals surface area (Å²) < 4.78 is 77.1. The van der Waals surface area contributed by atoms with Crippen LogP contribution in [-0.4, -0.2) is 26.5 Å². The maximum Gasteiger partial charge on any atom is 0.534 e. The molecular formula is C26H30ClF3O6S2. The van der Waals surface area contributed by atoms with Crippen LogP contribution in [0.15, 0.2) is 42.5 Å². The first-order valence-electron chi connectivity index (χ1n) is 12.0. The molecule has 0 saturated heterocycles. The van der Waals surface area contributed by atoms with Gasteiger partial charge >= 0.3 is 21.6 Å². The molecule has 3 rings (SSSR count). The van der Waals surface area contributed by atoms with Gasteiger partial charge in [-0.2, -0.15) is 21.6 Å². The van der Waals surface area contributed by atoms with Crippen molar-refractivity contribution in [3.05, 3.63) is 57.9 Å². The number of esters is 1. The molecule has 0 atom stereocenters. The van der Waals surface area contributed by atoms with Gasteiger partial charge in [0, 0.05) is 15.6 Å². The van der Waals surface area contributed by atoms with Gasteiger partial charge in [0.2, 0.25) is 0 Å². The first-order chi connectivity index (χ1) is 17.9. The molecular weight excluding hydrogens is 565 g/mol. The van der Waals surface area contributed by atoms with Crippen LogP contribution in [-0.2, 0) is 32.7 Å². The normalized spacial score (nSPS) is 11.6. The van der Waals surface area contributed by atoms with Crippen molar-refractivity contribution in [1.82, 2.24) is 0 Å². The number of hydrogen-bond donors (Lipinski definition) is 0. The number of carbonyl (C=O) groups excluding carboxylic acids is 1. The van der Waals surface area contributed by atoms with E-state index in [9.17, 15) is 26.4 Å². The third kappa shape index (κ3) is 9.36. The lowest BCUT2D eigenvalue weighted by Crippen LogP contribution is -2.28. The number of para-hydroxylation sites is 1. The van der Waals surface area contributed by atoms with Crippen LogP contribution in [0.25, 0.3) is 10.1 Å². The van der Waals surface area contributed by atoms with Crippen LogP contribution in [0.5, 0.6) is 11.5 Å². The number of carbonyl (C=O) groups is 1. The van der Waals surface area contributed by atoms with Gasteiger partial charge in [-0.15, -0.1) is 11.3 Å². The highest BCUT2D eigenvalue weighted by Crippen LogP contribution is 2.39. The molecule has 0 bridgehead atoms. The number of benzene rings is 2. The van der Waals surface area contributed by atoms with E-state index >= 15 is 0 Å². The molecule has 0 amide bonds. The first-order valence-corrected chi connectivity index (χ1v) is 14.6. The van der Waals surface area contributed by atoms with Crippen LogP contribution in [0.4, 0.5) is 13.2 Å². The van der Waals surface area contributed by atoms with Crippen molar-refractivity contribution in [1.29, 1.82) is 0 Å². The van der Waals surface area contributed by atoms with Gasteiger partial charge in [-0.05, 0) is 36.8 Å². The number of hydrogen-bond acceptors (Lipinski definition) is 7. The summed E-state index contributed by atoms with van der Waals surface area (Å²) in [5.74, 6) is -0.581. The van der Waals surface area contributed by atoms with E-state index in [0.29, 0.717) is 21.6 Å². The molecule has 0 aliphatic heterocycles. The van der Waals surface area contributed by atoms with Gasteiger partial charge in [0.15, 0.2) is 5.75 Å². The Bertz CT molecular complexity index is 1300. The number of thiophene rings is 1. The molecule has 0 aliphatic carbocycles. The number of halogens is 4. The molecule has 1 heterocycles. The van der Waals surface area contributed by atoms with Crippen molar-refractivity contribution in [3.8, 4) is 11.5 Å². The van der Waals surface area contributed by atoms with Gasteiger partial charge in [-0.1, -0.05) is 69.3 Å². The topological polar surface area (TPSA) is 78.9 Å². The molecule has 0 spiro atoms. The van der Waals surface area contributed by atoms with Gasteiger partial charge in [-0.3, -0.25) is 4.79 Å². The lowest BCUT2D eigenvalue weighted by Gasteiger charge is -2.14. The third-order valence-corrected chi connectivity index (χ3v) is 7.25. The zero-order valence-corrected chi connectivity index (χ0v) is 23.7. The van der Waals surface area contributed by atoms with Gasteiger partial charge in [0.1, 0.15) is 12.4 Å². The van der Waals surface area contributed by atoms with Gasteiger partial charge < -0.3 is 13.7 Å². The van der Waals surface area contributed by atoms with Gasteiger partial charge in [0.25, 0.3) is 0 Å². The highest BCUT2D eigenvalue weighted by atomic mass is 35.5. The van der Waals surface area contributed by atoms with Crippen molar-refractivity contribution < 1.29 is 40.0 Å². The summed E-state index contributed by atoms with van der Waals surface area (Å²) in [7, 11) is -5.87. The molecule has 0 aliphatic rings. The molecule has 0 N–H and O–H groups in total. The molecule has 2 aromatic carbocycles. The summed E-state index contributed by atoms with van der Waals surface area (Å²) in [5.41, 5.74) is -4.69. The van der Waals surface area contributed by atoms with Crippen LogP contribution in [0.2, 0.25) is 4.34 Å². The average molecular weight is 595 g/mol. The molecule has 0 saturated carbocycles. The predicted octanol–water partition coefficient (Wildman–Crippen LogP) is 8.05. The van der Waals surface area contributed by atoms with Crippen molar-refractivity contribution in [2.45, 2.75) is 65.0 Å². The summed E-state index contributed by atoms with van der Waals surface area (Å²) in [5, 5.41) is 0.124. The lowest BCUT2D eigenvalue weighted by atomic mass is 10.1.